The van der Waals surface area contributed by atoms with Crippen molar-refractivity contribution in [3.05, 3.63) is 140 Å². The Morgan fingerprint density at radius 1 is 0.349 bits per heavy atom. The first-order valence-corrected chi connectivity index (χ1v) is 14.4. The SMILES string of the molecule is c1ccc(-c2nc(-c3ccccc3)nc(-c3cccc4c3oc3cc5c6ccccc6c6ccccc6c5cc34)n2)cc1. The van der Waals surface area contributed by atoms with Gasteiger partial charge in [0.05, 0.1) is 5.56 Å². The number of furan rings is 1. The fourth-order valence-electron chi connectivity index (χ4n) is 6.30. The van der Waals surface area contributed by atoms with Crippen LogP contribution in [0.5, 0.6) is 0 Å². The van der Waals surface area contributed by atoms with Crippen LogP contribution in [0, 0.1) is 0 Å². The second-order valence-corrected chi connectivity index (χ2v) is 10.8. The molecule has 0 amide bonds. The van der Waals surface area contributed by atoms with Crippen molar-refractivity contribution in [2.45, 2.75) is 0 Å². The standard InChI is InChI=1S/C39H23N3O/c1-3-12-24(13-4-1)37-40-38(25-14-5-2-6-15-25)42-39(41-37)31-21-11-20-30-34-22-32-28-18-9-7-16-26(28)27-17-8-10-19-29(27)33(32)23-35(34)43-36(30)31/h1-23H. The van der Waals surface area contributed by atoms with E-state index in [-0.39, 0.29) is 0 Å². The summed E-state index contributed by atoms with van der Waals surface area (Å²) in [6.07, 6.45) is 0. The molecule has 2 heterocycles. The number of benzene rings is 7. The summed E-state index contributed by atoms with van der Waals surface area (Å²) in [5.41, 5.74) is 4.32. The summed E-state index contributed by atoms with van der Waals surface area (Å²) in [6, 6.07) is 48.0. The maximum atomic E-state index is 6.70. The average Bonchev–Trinajstić information content (AvgIpc) is 3.46. The molecule has 0 aliphatic rings. The zero-order valence-corrected chi connectivity index (χ0v) is 23.0. The monoisotopic (exact) mass is 549 g/mol. The van der Waals surface area contributed by atoms with Crippen molar-refractivity contribution < 1.29 is 4.42 Å². The van der Waals surface area contributed by atoms with Crippen LogP contribution in [-0.4, -0.2) is 15.0 Å². The van der Waals surface area contributed by atoms with E-state index in [0.717, 1.165) is 38.6 Å². The molecule has 2 aromatic heterocycles. The molecule has 4 nitrogen and oxygen atoms in total. The summed E-state index contributed by atoms with van der Waals surface area (Å²) in [4.78, 5) is 14.8. The van der Waals surface area contributed by atoms with Crippen LogP contribution >= 0.6 is 0 Å². The van der Waals surface area contributed by atoms with Gasteiger partial charge in [0.15, 0.2) is 17.5 Å². The van der Waals surface area contributed by atoms with E-state index in [1.165, 1.54) is 32.3 Å². The van der Waals surface area contributed by atoms with E-state index in [2.05, 4.69) is 72.8 Å². The highest BCUT2D eigenvalue weighted by atomic mass is 16.3. The fraction of sp³-hybridized carbons (Fsp3) is 0. The predicted octanol–water partition coefficient (Wildman–Crippen LogP) is 10.2. The minimum atomic E-state index is 0.581. The molecule has 0 unspecified atom stereocenters. The van der Waals surface area contributed by atoms with E-state index in [1.807, 2.05) is 66.7 Å². The summed E-state index contributed by atoms with van der Waals surface area (Å²) < 4.78 is 6.70. The Bertz CT molecular complexity index is 2440. The highest BCUT2D eigenvalue weighted by Crippen LogP contribution is 2.41. The molecule has 0 atom stereocenters. The Morgan fingerprint density at radius 3 is 1.40 bits per heavy atom. The van der Waals surface area contributed by atoms with Crippen molar-refractivity contribution >= 4 is 54.3 Å². The number of aromatic nitrogens is 3. The molecule has 0 radical (unpaired) electrons. The first-order chi connectivity index (χ1) is 21.3. The first-order valence-electron chi connectivity index (χ1n) is 14.4. The molecule has 200 valence electrons. The van der Waals surface area contributed by atoms with Gasteiger partial charge in [-0.1, -0.05) is 121 Å². The third-order valence-electron chi connectivity index (χ3n) is 8.30. The van der Waals surface area contributed by atoms with Crippen molar-refractivity contribution in [2.24, 2.45) is 0 Å². The number of nitrogens with zero attached hydrogens (tertiary/aromatic N) is 3. The molecular weight excluding hydrogens is 526 g/mol. The van der Waals surface area contributed by atoms with Crippen LogP contribution in [0.25, 0.3) is 88.4 Å². The summed E-state index contributed by atoms with van der Waals surface area (Å²) >= 11 is 0. The third kappa shape index (κ3) is 3.74. The van der Waals surface area contributed by atoms with Crippen molar-refractivity contribution in [1.29, 1.82) is 0 Å². The van der Waals surface area contributed by atoms with Crippen molar-refractivity contribution in [3.8, 4) is 34.2 Å². The number of hydrogen-bond acceptors (Lipinski definition) is 4. The van der Waals surface area contributed by atoms with E-state index in [9.17, 15) is 0 Å². The predicted molar refractivity (Wildman–Crippen MR) is 176 cm³/mol. The number of rotatable bonds is 3. The van der Waals surface area contributed by atoms with Crippen LogP contribution in [-0.2, 0) is 0 Å². The summed E-state index contributed by atoms with van der Waals surface area (Å²) in [7, 11) is 0. The summed E-state index contributed by atoms with van der Waals surface area (Å²) in [5.74, 6) is 1.83. The van der Waals surface area contributed by atoms with E-state index >= 15 is 0 Å². The molecule has 9 rings (SSSR count). The Morgan fingerprint density at radius 2 is 0.814 bits per heavy atom. The first kappa shape index (κ1) is 23.8. The smallest absolute Gasteiger partial charge is 0.167 e. The van der Waals surface area contributed by atoms with E-state index < -0.39 is 0 Å². The minimum Gasteiger partial charge on any atom is -0.455 e. The van der Waals surface area contributed by atoms with Crippen LogP contribution in [0.2, 0.25) is 0 Å². The maximum Gasteiger partial charge on any atom is 0.167 e. The lowest BCUT2D eigenvalue weighted by Gasteiger charge is -2.10. The van der Waals surface area contributed by atoms with Crippen molar-refractivity contribution in [1.82, 2.24) is 15.0 Å². The molecule has 0 saturated carbocycles. The Kier molecular flexibility index (Phi) is 5.16. The molecule has 0 spiro atoms. The largest absolute Gasteiger partial charge is 0.455 e. The molecular formula is C39H23N3O. The van der Waals surface area contributed by atoms with Gasteiger partial charge in [0.25, 0.3) is 0 Å². The zero-order chi connectivity index (χ0) is 28.3. The van der Waals surface area contributed by atoms with Gasteiger partial charge in [-0.2, -0.15) is 0 Å². The van der Waals surface area contributed by atoms with Crippen LogP contribution in [0.1, 0.15) is 0 Å². The second kappa shape index (κ2) is 9.33. The number of hydrogen-bond donors (Lipinski definition) is 0. The topological polar surface area (TPSA) is 51.8 Å². The van der Waals surface area contributed by atoms with Crippen LogP contribution in [0.4, 0.5) is 0 Å². The van der Waals surface area contributed by atoms with E-state index in [4.69, 9.17) is 19.4 Å². The highest BCUT2D eigenvalue weighted by molar-refractivity contribution is 6.28. The molecule has 0 fully saturated rings. The van der Waals surface area contributed by atoms with Gasteiger partial charge in [0.1, 0.15) is 11.2 Å². The quantitative estimate of drug-likeness (QED) is 0.206. The molecule has 0 N–H and O–H groups in total. The molecule has 43 heavy (non-hydrogen) atoms. The molecule has 0 aliphatic carbocycles. The van der Waals surface area contributed by atoms with Gasteiger partial charge in [0, 0.05) is 21.9 Å². The minimum absolute atomic E-state index is 0.581. The van der Waals surface area contributed by atoms with Crippen molar-refractivity contribution in [2.75, 3.05) is 0 Å². The molecule has 9 aromatic rings. The summed E-state index contributed by atoms with van der Waals surface area (Å²) in [6.45, 7) is 0. The number of para-hydroxylation sites is 1. The highest BCUT2D eigenvalue weighted by Gasteiger charge is 2.19. The maximum absolute atomic E-state index is 6.70. The molecule has 0 aliphatic heterocycles. The second-order valence-electron chi connectivity index (χ2n) is 10.8. The molecule has 7 aromatic carbocycles. The molecule has 0 saturated heterocycles. The average molecular weight is 550 g/mol. The normalized spacial score (nSPS) is 11.7. The van der Waals surface area contributed by atoms with Gasteiger partial charge in [-0.05, 0) is 50.5 Å². The lowest BCUT2D eigenvalue weighted by atomic mass is 9.93. The molecule has 0 bridgehead atoms. The van der Waals surface area contributed by atoms with E-state index in [0.29, 0.717) is 17.5 Å². The van der Waals surface area contributed by atoms with Crippen LogP contribution in [0.15, 0.2) is 144 Å². The van der Waals surface area contributed by atoms with E-state index in [1.54, 1.807) is 0 Å². The van der Waals surface area contributed by atoms with Crippen molar-refractivity contribution in [3.63, 3.8) is 0 Å². The van der Waals surface area contributed by atoms with Gasteiger partial charge < -0.3 is 4.42 Å². The third-order valence-corrected chi connectivity index (χ3v) is 8.30. The van der Waals surface area contributed by atoms with Gasteiger partial charge in [-0.3, -0.25) is 0 Å². The number of fused-ring (bicyclic) bond motifs is 9. The Hall–Kier alpha value is -5.87. The van der Waals surface area contributed by atoms with Crippen LogP contribution in [0.3, 0.4) is 0 Å². The van der Waals surface area contributed by atoms with Gasteiger partial charge >= 0.3 is 0 Å². The Balaban J connectivity index is 1.34. The lowest BCUT2D eigenvalue weighted by molar-refractivity contribution is 0.670. The van der Waals surface area contributed by atoms with Gasteiger partial charge in [-0.15, -0.1) is 0 Å². The van der Waals surface area contributed by atoms with Gasteiger partial charge in [0.2, 0.25) is 0 Å². The Labute approximate surface area is 246 Å². The van der Waals surface area contributed by atoms with Crippen LogP contribution < -0.4 is 0 Å². The van der Waals surface area contributed by atoms with Gasteiger partial charge in [-0.25, -0.2) is 15.0 Å². The molecule has 4 heteroatoms. The summed E-state index contributed by atoms with van der Waals surface area (Å²) in [5, 5.41) is 9.46. The fourth-order valence-corrected chi connectivity index (χ4v) is 6.30. The lowest BCUT2D eigenvalue weighted by Crippen LogP contribution is -2.00. The zero-order valence-electron chi connectivity index (χ0n) is 23.0.